The summed E-state index contributed by atoms with van der Waals surface area (Å²) in [6.45, 7) is -0.187. The number of nitrogens with zero attached hydrogens (tertiary/aromatic N) is 1. The second kappa shape index (κ2) is 6.84. The molecule has 0 radical (unpaired) electrons. The van der Waals surface area contributed by atoms with E-state index in [1.165, 1.54) is 16.8 Å². The fraction of sp³-hybridized carbons (Fsp3) is 0.111. The zero-order valence-electron chi connectivity index (χ0n) is 13.2. The maximum absolute atomic E-state index is 12.8. The Morgan fingerprint density at radius 1 is 1.12 bits per heavy atom. The maximum atomic E-state index is 12.8. The number of nitrogens with one attached hydrogen (secondary N) is 1. The van der Waals surface area contributed by atoms with E-state index in [9.17, 15) is 22.8 Å². The standard InChI is InChI=1S/C18H12ClF3N2O2/c19-13-6-5-11(18(20,21)22)9-14(13)23-17(26)10-24-8-7-16(25)12-3-1-2-4-15(12)24/h1-9H,10H2,(H,23,26). The number of halogens is 4. The second-order valence-electron chi connectivity index (χ2n) is 5.57. The van der Waals surface area contributed by atoms with Gasteiger partial charge in [-0.1, -0.05) is 23.7 Å². The van der Waals surface area contributed by atoms with Gasteiger partial charge in [0, 0.05) is 17.6 Å². The lowest BCUT2D eigenvalue weighted by Gasteiger charge is -2.13. The third-order valence-corrected chi connectivity index (χ3v) is 4.10. The molecule has 2 aromatic carbocycles. The molecule has 1 heterocycles. The van der Waals surface area contributed by atoms with Crippen molar-refractivity contribution < 1.29 is 18.0 Å². The van der Waals surface area contributed by atoms with Crippen LogP contribution in [0.2, 0.25) is 5.02 Å². The number of carbonyl (C=O) groups is 1. The van der Waals surface area contributed by atoms with E-state index in [0.29, 0.717) is 10.9 Å². The van der Waals surface area contributed by atoms with Gasteiger partial charge in [-0.2, -0.15) is 13.2 Å². The van der Waals surface area contributed by atoms with Gasteiger partial charge >= 0.3 is 6.18 Å². The molecule has 0 fully saturated rings. The minimum absolute atomic E-state index is 0.00360. The van der Waals surface area contributed by atoms with E-state index in [2.05, 4.69) is 5.32 Å². The van der Waals surface area contributed by atoms with E-state index >= 15 is 0 Å². The molecule has 0 saturated heterocycles. The van der Waals surface area contributed by atoms with Crippen LogP contribution in [0.5, 0.6) is 0 Å². The summed E-state index contributed by atoms with van der Waals surface area (Å²) in [5.74, 6) is -0.569. The molecule has 8 heteroatoms. The summed E-state index contributed by atoms with van der Waals surface area (Å²) in [7, 11) is 0. The Balaban J connectivity index is 1.87. The zero-order chi connectivity index (χ0) is 18.9. The van der Waals surface area contributed by atoms with Gasteiger partial charge in [0.05, 0.1) is 21.8 Å². The first-order valence-electron chi connectivity index (χ1n) is 7.50. The molecule has 0 aliphatic carbocycles. The first-order chi connectivity index (χ1) is 12.3. The Kier molecular flexibility index (Phi) is 4.73. The summed E-state index contributed by atoms with van der Waals surface area (Å²) in [5.41, 5.74) is -0.675. The molecule has 3 aromatic rings. The number of hydrogen-bond donors (Lipinski definition) is 1. The summed E-state index contributed by atoms with van der Waals surface area (Å²) >= 11 is 5.88. The van der Waals surface area contributed by atoms with E-state index in [4.69, 9.17) is 11.6 Å². The predicted molar refractivity (Wildman–Crippen MR) is 93.3 cm³/mol. The van der Waals surface area contributed by atoms with E-state index in [-0.39, 0.29) is 22.7 Å². The number of rotatable bonds is 3. The summed E-state index contributed by atoms with van der Waals surface area (Å²) in [6, 6.07) is 10.8. The molecular formula is C18H12ClF3N2O2. The molecule has 1 aromatic heterocycles. The fourth-order valence-electron chi connectivity index (χ4n) is 2.54. The Labute approximate surface area is 150 Å². The lowest BCUT2D eigenvalue weighted by atomic mass is 10.2. The lowest BCUT2D eigenvalue weighted by molar-refractivity contribution is -0.137. The maximum Gasteiger partial charge on any atom is 0.416 e. The molecule has 1 amide bonds. The number of pyridine rings is 1. The summed E-state index contributed by atoms with van der Waals surface area (Å²) in [6.07, 6.45) is -3.09. The number of amides is 1. The van der Waals surface area contributed by atoms with Crippen LogP contribution in [0.25, 0.3) is 10.9 Å². The van der Waals surface area contributed by atoms with Crippen LogP contribution in [0, 0.1) is 0 Å². The number of alkyl halides is 3. The number of benzene rings is 2. The average molecular weight is 381 g/mol. The molecule has 0 aliphatic rings. The highest BCUT2D eigenvalue weighted by Crippen LogP contribution is 2.33. The minimum Gasteiger partial charge on any atom is -0.338 e. The second-order valence-corrected chi connectivity index (χ2v) is 5.97. The highest BCUT2D eigenvalue weighted by atomic mass is 35.5. The lowest BCUT2D eigenvalue weighted by Crippen LogP contribution is -2.21. The molecule has 4 nitrogen and oxygen atoms in total. The Bertz CT molecular complexity index is 1040. The van der Waals surface area contributed by atoms with Crippen molar-refractivity contribution in [1.82, 2.24) is 4.57 Å². The van der Waals surface area contributed by atoms with Crippen LogP contribution < -0.4 is 10.7 Å². The minimum atomic E-state index is -4.54. The van der Waals surface area contributed by atoms with Crippen LogP contribution in [-0.4, -0.2) is 10.5 Å². The summed E-state index contributed by atoms with van der Waals surface area (Å²) in [4.78, 5) is 24.1. The van der Waals surface area contributed by atoms with Gasteiger partial charge in [-0.15, -0.1) is 0 Å². The molecule has 26 heavy (non-hydrogen) atoms. The van der Waals surface area contributed by atoms with Gasteiger partial charge < -0.3 is 9.88 Å². The van der Waals surface area contributed by atoms with Crippen LogP contribution in [0.1, 0.15) is 5.56 Å². The first-order valence-corrected chi connectivity index (χ1v) is 7.88. The third kappa shape index (κ3) is 3.72. The van der Waals surface area contributed by atoms with Crippen molar-refractivity contribution in [2.75, 3.05) is 5.32 Å². The summed E-state index contributed by atoms with van der Waals surface area (Å²) in [5, 5.41) is 2.82. The van der Waals surface area contributed by atoms with Crippen molar-refractivity contribution in [3.63, 3.8) is 0 Å². The van der Waals surface area contributed by atoms with Gasteiger partial charge in [0.2, 0.25) is 5.91 Å². The van der Waals surface area contributed by atoms with Crippen LogP contribution in [-0.2, 0) is 17.5 Å². The predicted octanol–water partition coefficient (Wildman–Crippen LogP) is 4.31. The van der Waals surface area contributed by atoms with Gasteiger partial charge in [0.25, 0.3) is 0 Å². The molecule has 0 aliphatic heterocycles. The van der Waals surface area contributed by atoms with Crippen molar-refractivity contribution in [2.24, 2.45) is 0 Å². The molecule has 0 saturated carbocycles. The number of aromatic nitrogens is 1. The monoisotopic (exact) mass is 380 g/mol. The highest BCUT2D eigenvalue weighted by Gasteiger charge is 2.31. The molecule has 0 spiro atoms. The molecule has 0 atom stereocenters. The summed E-state index contributed by atoms with van der Waals surface area (Å²) < 4.78 is 40.0. The number of anilines is 1. The van der Waals surface area contributed by atoms with Crippen molar-refractivity contribution >= 4 is 34.1 Å². The highest BCUT2D eigenvalue weighted by molar-refractivity contribution is 6.33. The first kappa shape index (κ1) is 18.0. The fourth-order valence-corrected chi connectivity index (χ4v) is 2.70. The SMILES string of the molecule is O=C(Cn1ccc(=O)c2ccccc21)Nc1cc(C(F)(F)F)ccc1Cl. The molecule has 134 valence electrons. The number of carbonyl (C=O) groups excluding carboxylic acids is 1. The normalized spacial score (nSPS) is 11.5. The van der Waals surface area contributed by atoms with Crippen molar-refractivity contribution in [3.05, 3.63) is 75.5 Å². The van der Waals surface area contributed by atoms with Crippen molar-refractivity contribution in [2.45, 2.75) is 12.7 Å². The molecule has 1 N–H and O–H groups in total. The average Bonchev–Trinajstić information content (AvgIpc) is 2.58. The number of hydrogen-bond acceptors (Lipinski definition) is 2. The van der Waals surface area contributed by atoms with Gasteiger partial charge in [0.1, 0.15) is 6.54 Å². The topological polar surface area (TPSA) is 51.1 Å². The molecule has 0 bridgehead atoms. The third-order valence-electron chi connectivity index (χ3n) is 3.77. The van der Waals surface area contributed by atoms with Gasteiger partial charge in [-0.3, -0.25) is 9.59 Å². The molecule has 3 rings (SSSR count). The van der Waals surface area contributed by atoms with Crippen LogP contribution in [0.4, 0.5) is 18.9 Å². The van der Waals surface area contributed by atoms with Crippen molar-refractivity contribution in [3.8, 4) is 0 Å². The molecular weight excluding hydrogens is 369 g/mol. The smallest absolute Gasteiger partial charge is 0.338 e. The molecule has 0 unspecified atom stereocenters. The van der Waals surface area contributed by atoms with E-state index < -0.39 is 17.6 Å². The van der Waals surface area contributed by atoms with Crippen LogP contribution in [0.3, 0.4) is 0 Å². The van der Waals surface area contributed by atoms with E-state index in [1.54, 1.807) is 24.3 Å². The Hall–Kier alpha value is -2.80. The van der Waals surface area contributed by atoms with E-state index in [0.717, 1.165) is 18.2 Å². The van der Waals surface area contributed by atoms with Crippen molar-refractivity contribution in [1.29, 1.82) is 0 Å². The number of para-hydroxylation sites is 1. The van der Waals surface area contributed by atoms with Gasteiger partial charge in [-0.05, 0) is 30.3 Å². The Morgan fingerprint density at radius 2 is 1.85 bits per heavy atom. The number of fused-ring (bicyclic) bond motifs is 1. The van der Waals surface area contributed by atoms with Gasteiger partial charge in [-0.25, -0.2) is 0 Å². The Morgan fingerprint density at radius 3 is 2.58 bits per heavy atom. The van der Waals surface area contributed by atoms with E-state index in [1.807, 2.05) is 0 Å². The van der Waals surface area contributed by atoms with Gasteiger partial charge in [0.15, 0.2) is 5.43 Å². The van der Waals surface area contributed by atoms with Crippen LogP contribution in [0.15, 0.2) is 59.5 Å². The largest absolute Gasteiger partial charge is 0.416 e. The van der Waals surface area contributed by atoms with Crippen LogP contribution >= 0.6 is 11.6 Å². The zero-order valence-corrected chi connectivity index (χ0v) is 13.9. The quantitative estimate of drug-likeness (QED) is 0.736.